The number of hydrogen-bond acceptors (Lipinski definition) is 2. The molecule has 0 atom stereocenters. The average molecular weight is 212 g/mol. The minimum Gasteiger partial charge on any atom is -0.389 e. The normalized spacial score (nSPS) is 46.2. The van der Waals surface area contributed by atoms with Crippen LogP contribution < -0.4 is 0 Å². The van der Waals surface area contributed by atoms with E-state index in [-0.39, 0.29) is 5.60 Å². The molecule has 0 aromatic rings. The largest absolute Gasteiger partial charge is 0.389 e. The first-order valence-corrected chi connectivity index (χ1v) is 6.48. The van der Waals surface area contributed by atoms with Gasteiger partial charge in [-0.05, 0) is 31.6 Å². The maximum atomic E-state index is 10.4. The van der Waals surface area contributed by atoms with E-state index in [0.29, 0.717) is 12.0 Å². The Hall–Kier alpha value is -0.0800. The van der Waals surface area contributed by atoms with Crippen LogP contribution in [0.3, 0.4) is 0 Å². The summed E-state index contributed by atoms with van der Waals surface area (Å²) in [6.07, 6.45) is 7.12. The summed E-state index contributed by atoms with van der Waals surface area (Å²) in [5.41, 5.74) is -0.375. The fourth-order valence-electron chi connectivity index (χ4n) is 3.21. The highest BCUT2D eigenvalue weighted by atomic mass is 16.5. The first-order chi connectivity index (χ1) is 7.14. The van der Waals surface area contributed by atoms with Crippen LogP contribution in [-0.4, -0.2) is 23.4 Å². The van der Waals surface area contributed by atoms with Crippen LogP contribution in [0.4, 0.5) is 0 Å². The Bertz CT molecular complexity index is 201. The molecule has 0 aliphatic heterocycles. The highest BCUT2D eigenvalue weighted by Gasteiger charge is 2.48. The van der Waals surface area contributed by atoms with Gasteiger partial charge in [-0.1, -0.05) is 19.8 Å². The van der Waals surface area contributed by atoms with Crippen molar-refractivity contribution in [3.63, 3.8) is 0 Å². The second-order valence-electron chi connectivity index (χ2n) is 5.55. The molecule has 0 radical (unpaired) electrons. The molecule has 2 rings (SSSR count). The molecular formula is C13H24O2. The van der Waals surface area contributed by atoms with E-state index in [9.17, 15) is 5.11 Å². The molecule has 0 amide bonds. The van der Waals surface area contributed by atoms with Crippen LogP contribution in [-0.2, 0) is 4.74 Å². The number of ether oxygens (including phenoxy) is 1. The Kier molecular flexibility index (Phi) is 3.36. The standard InChI is InChI=1S/C13H24O2/c1-3-15-12-8-13(14,9-12)11-6-4-10(2)5-7-11/h10-12,14H,3-9H2,1-2H3. The quantitative estimate of drug-likeness (QED) is 0.779. The van der Waals surface area contributed by atoms with Gasteiger partial charge in [0.2, 0.25) is 0 Å². The fourth-order valence-corrected chi connectivity index (χ4v) is 3.21. The van der Waals surface area contributed by atoms with Crippen molar-refractivity contribution in [2.24, 2.45) is 11.8 Å². The molecule has 0 aromatic carbocycles. The molecule has 88 valence electrons. The van der Waals surface area contributed by atoms with Gasteiger partial charge in [0.1, 0.15) is 0 Å². The maximum absolute atomic E-state index is 10.4. The van der Waals surface area contributed by atoms with Gasteiger partial charge in [-0.15, -0.1) is 0 Å². The van der Waals surface area contributed by atoms with E-state index in [1.54, 1.807) is 0 Å². The van der Waals surface area contributed by atoms with Gasteiger partial charge >= 0.3 is 0 Å². The van der Waals surface area contributed by atoms with Crippen LogP contribution in [0, 0.1) is 11.8 Å². The molecule has 2 saturated carbocycles. The molecule has 15 heavy (non-hydrogen) atoms. The molecule has 1 N–H and O–H groups in total. The van der Waals surface area contributed by atoms with Gasteiger partial charge in [0.25, 0.3) is 0 Å². The summed E-state index contributed by atoms with van der Waals surface area (Å²) in [6.45, 7) is 5.13. The summed E-state index contributed by atoms with van der Waals surface area (Å²) in [6, 6.07) is 0. The molecule has 0 heterocycles. The zero-order chi connectivity index (χ0) is 10.9. The minimum absolute atomic E-state index is 0.333. The highest BCUT2D eigenvalue weighted by Crippen LogP contribution is 2.46. The second kappa shape index (κ2) is 4.42. The summed E-state index contributed by atoms with van der Waals surface area (Å²) in [4.78, 5) is 0. The zero-order valence-electron chi connectivity index (χ0n) is 10.0. The van der Waals surface area contributed by atoms with Crippen LogP contribution in [0.1, 0.15) is 52.4 Å². The molecule has 0 spiro atoms. The van der Waals surface area contributed by atoms with Gasteiger partial charge < -0.3 is 9.84 Å². The molecule has 2 heteroatoms. The van der Waals surface area contributed by atoms with E-state index in [1.807, 2.05) is 6.92 Å². The highest BCUT2D eigenvalue weighted by molar-refractivity contribution is 5.00. The van der Waals surface area contributed by atoms with E-state index >= 15 is 0 Å². The fraction of sp³-hybridized carbons (Fsp3) is 1.00. The molecular weight excluding hydrogens is 188 g/mol. The summed E-state index contributed by atoms with van der Waals surface area (Å²) < 4.78 is 5.53. The first-order valence-electron chi connectivity index (χ1n) is 6.48. The van der Waals surface area contributed by atoms with Gasteiger partial charge in [0.05, 0.1) is 11.7 Å². The van der Waals surface area contributed by atoms with Crippen molar-refractivity contribution >= 4 is 0 Å². The SMILES string of the molecule is CCOC1CC(O)(C2CCC(C)CC2)C1. The Morgan fingerprint density at radius 1 is 1.20 bits per heavy atom. The number of hydrogen-bond donors (Lipinski definition) is 1. The third-order valence-electron chi connectivity index (χ3n) is 4.34. The zero-order valence-corrected chi connectivity index (χ0v) is 10.0. The summed E-state index contributed by atoms with van der Waals surface area (Å²) in [5, 5.41) is 10.4. The van der Waals surface area contributed by atoms with E-state index in [2.05, 4.69) is 6.92 Å². The van der Waals surface area contributed by atoms with E-state index < -0.39 is 0 Å². The number of aliphatic hydroxyl groups is 1. The smallest absolute Gasteiger partial charge is 0.0725 e. The summed E-state index contributed by atoms with van der Waals surface area (Å²) in [7, 11) is 0. The van der Waals surface area contributed by atoms with Gasteiger partial charge in [-0.25, -0.2) is 0 Å². The topological polar surface area (TPSA) is 29.5 Å². The van der Waals surface area contributed by atoms with Gasteiger partial charge in [-0.2, -0.15) is 0 Å². The van der Waals surface area contributed by atoms with Gasteiger partial charge in [0, 0.05) is 19.4 Å². The lowest BCUT2D eigenvalue weighted by molar-refractivity contribution is -0.173. The van der Waals surface area contributed by atoms with Crippen LogP contribution in [0.25, 0.3) is 0 Å². The Balaban J connectivity index is 1.79. The van der Waals surface area contributed by atoms with Crippen molar-refractivity contribution in [1.82, 2.24) is 0 Å². The van der Waals surface area contributed by atoms with Gasteiger partial charge in [0.15, 0.2) is 0 Å². The van der Waals surface area contributed by atoms with E-state index in [0.717, 1.165) is 25.4 Å². The molecule has 0 bridgehead atoms. The van der Waals surface area contributed by atoms with Crippen molar-refractivity contribution in [2.45, 2.75) is 64.1 Å². The van der Waals surface area contributed by atoms with Crippen LogP contribution >= 0.6 is 0 Å². The number of rotatable bonds is 3. The van der Waals surface area contributed by atoms with E-state index in [1.165, 1.54) is 25.7 Å². The van der Waals surface area contributed by atoms with Crippen LogP contribution in [0.2, 0.25) is 0 Å². The maximum Gasteiger partial charge on any atom is 0.0725 e. The lowest BCUT2D eigenvalue weighted by atomic mass is 9.63. The molecule has 0 aromatic heterocycles. The van der Waals surface area contributed by atoms with Crippen molar-refractivity contribution in [2.75, 3.05) is 6.61 Å². The second-order valence-corrected chi connectivity index (χ2v) is 5.55. The van der Waals surface area contributed by atoms with Crippen molar-refractivity contribution in [3.05, 3.63) is 0 Å². The van der Waals surface area contributed by atoms with Gasteiger partial charge in [-0.3, -0.25) is 0 Å². The van der Waals surface area contributed by atoms with Crippen molar-refractivity contribution < 1.29 is 9.84 Å². The third-order valence-corrected chi connectivity index (χ3v) is 4.34. The average Bonchev–Trinajstić information content (AvgIpc) is 2.16. The molecule has 0 unspecified atom stereocenters. The minimum atomic E-state index is -0.375. The molecule has 2 aliphatic carbocycles. The predicted molar refractivity (Wildman–Crippen MR) is 60.7 cm³/mol. The summed E-state index contributed by atoms with van der Waals surface area (Å²) in [5.74, 6) is 1.41. The van der Waals surface area contributed by atoms with Crippen molar-refractivity contribution in [3.8, 4) is 0 Å². The predicted octanol–water partition coefficient (Wildman–Crippen LogP) is 2.74. The monoisotopic (exact) mass is 212 g/mol. The lowest BCUT2D eigenvalue weighted by Crippen LogP contribution is -2.54. The molecule has 2 aliphatic rings. The molecule has 0 saturated heterocycles. The van der Waals surface area contributed by atoms with Crippen LogP contribution in [0.15, 0.2) is 0 Å². The summed E-state index contributed by atoms with van der Waals surface area (Å²) >= 11 is 0. The molecule has 2 fully saturated rings. The van der Waals surface area contributed by atoms with E-state index in [4.69, 9.17) is 4.74 Å². The third kappa shape index (κ3) is 2.36. The Labute approximate surface area is 93.0 Å². The first kappa shape index (κ1) is 11.4. The van der Waals surface area contributed by atoms with Crippen LogP contribution in [0.5, 0.6) is 0 Å². The Morgan fingerprint density at radius 2 is 1.80 bits per heavy atom. The Morgan fingerprint density at radius 3 is 2.33 bits per heavy atom. The van der Waals surface area contributed by atoms with Crippen molar-refractivity contribution in [1.29, 1.82) is 0 Å². The lowest BCUT2D eigenvalue weighted by Gasteiger charge is -2.50. The molecule has 2 nitrogen and oxygen atoms in total.